The van der Waals surface area contributed by atoms with Crippen LogP contribution in [0.1, 0.15) is 47.0 Å². The molecule has 0 spiro atoms. The first kappa shape index (κ1) is 32.7. The summed E-state index contributed by atoms with van der Waals surface area (Å²) in [7, 11) is 0. The fourth-order valence-corrected chi connectivity index (χ4v) is 3.51. The van der Waals surface area contributed by atoms with E-state index in [9.17, 15) is 28.8 Å². The largest absolute Gasteiger partial charge is 0.481 e. The van der Waals surface area contributed by atoms with Crippen LogP contribution in [0.2, 0.25) is 0 Å². The summed E-state index contributed by atoms with van der Waals surface area (Å²) in [5.74, 6) is -3.82. The predicted molar refractivity (Wildman–Crippen MR) is 125 cm³/mol. The highest BCUT2D eigenvalue weighted by molar-refractivity contribution is 5.76. The molecule has 1 aliphatic rings. The monoisotopic (exact) mass is 548 g/mol. The zero-order valence-corrected chi connectivity index (χ0v) is 21.9. The molecule has 0 aliphatic carbocycles. The highest BCUT2D eigenvalue weighted by atomic mass is 16.7. The summed E-state index contributed by atoms with van der Waals surface area (Å²) in [6.07, 6.45) is -4.50. The van der Waals surface area contributed by atoms with Gasteiger partial charge in [-0.15, -0.1) is 0 Å². The van der Waals surface area contributed by atoms with Gasteiger partial charge in [-0.3, -0.25) is 28.8 Å². The molecule has 15 heteroatoms. The third kappa shape index (κ3) is 13.3. The number of nitrogens with one attached hydrogen (secondary N) is 2. The van der Waals surface area contributed by atoms with Crippen LogP contribution in [-0.2, 0) is 57.2 Å². The lowest BCUT2D eigenvalue weighted by Crippen LogP contribution is -2.66. The summed E-state index contributed by atoms with van der Waals surface area (Å²) < 4.78 is 32.7. The Hall–Kier alpha value is -3.30. The molecule has 0 aromatic carbocycles. The molecular weight excluding hydrogens is 512 g/mol. The van der Waals surface area contributed by atoms with Gasteiger partial charge in [0.25, 0.3) is 0 Å². The van der Waals surface area contributed by atoms with Crippen LogP contribution in [-0.4, -0.2) is 104 Å². The number of hydrogen-bond acceptors (Lipinski definition) is 12. The van der Waals surface area contributed by atoms with Crippen LogP contribution in [0.3, 0.4) is 0 Å². The molecule has 0 radical (unpaired) electrons. The van der Waals surface area contributed by atoms with Crippen LogP contribution in [0.25, 0.3) is 0 Å². The van der Waals surface area contributed by atoms with E-state index in [1.165, 1.54) is 13.8 Å². The Balaban J connectivity index is 2.76. The second-order valence-corrected chi connectivity index (χ2v) is 8.30. The normalized spacial score (nSPS) is 22.6. The number of carbonyl (C=O) groups excluding carboxylic acids is 5. The Morgan fingerprint density at radius 1 is 0.842 bits per heavy atom. The van der Waals surface area contributed by atoms with Gasteiger partial charge in [-0.1, -0.05) is 0 Å². The highest BCUT2D eigenvalue weighted by Crippen LogP contribution is 2.28. The standard InChI is InChI=1S/C23H36N2O13/c1-13(26)25-20-22(37-16(4)29)21(36-15(3)28)17(12-35-14(2)27)38-23(20)34-11-10-33-9-8-24-18(30)6-5-7-19(31)32/h17,20-23H,5-12H2,1-4H3,(H,24,30)(H,25,26)(H,31,32)/t17-,20-,21+,22-,23-/m1/s1. The number of aliphatic carboxylic acids is 1. The van der Waals surface area contributed by atoms with E-state index < -0.39 is 60.4 Å². The Kier molecular flexibility index (Phi) is 14.9. The molecule has 0 saturated carbocycles. The van der Waals surface area contributed by atoms with Gasteiger partial charge in [0.1, 0.15) is 18.8 Å². The molecule has 0 bridgehead atoms. The number of carboxylic acid groups (broad SMARTS) is 1. The van der Waals surface area contributed by atoms with E-state index in [2.05, 4.69) is 10.6 Å². The van der Waals surface area contributed by atoms with E-state index in [4.69, 9.17) is 33.5 Å². The van der Waals surface area contributed by atoms with Gasteiger partial charge in [0.2, 0.25) is 11.8 Å². The number of hydrogen-bond donors (Lipinski definition) is 3. The van der Waals surface area contributed by atoms with Crippen LogP contribution in [0, 0.1) is 0 Å². The van der Waals surface area contributed by atoms with Crippen molar-refractivity contribution in [1.82, 2.24) is 10.6 Å². The Morgan fingerprint density at radius 3 is 2.08 bits per heavy atom. The molecule has 2 amide bonds. The number of esters is 3. The van der Waals surface area contributed by atoms with Crippen molar-refractivity contribution in [2.24, 2.45) is 0 Å². The van der Waals surface area contributed by atoms with E-state index >= 15 is 0 Å². The van der Waals surface area contributed by atoms with Gasteiger partial charge in [0.15, 0.2) is 18.5 Å². The van der Waals surface area contributed by atoms with Crippen LogP contribution >= 0.6 is 0 Å². The van der Waals surface area contributed by atoms with Crippen molar-refractivity contribution in [2.75, 3.05) is 33.0 Å². The molecule has 15 nitrogen and oxygen atoms in total. The van der Waals surface area contributed by atoms with Gasteiger partial charge in [0, 0.05) is 47.1 Å². The Labute approximate surface area is 219 Å². The first-order chi connectivity index (χ1) is 17.9. The van der Waals surface area contributed by atoms with Crippen molar-refractivity contribution in [3.63, 3.8) is 0 Å². The quantitative estimate of drug-likeness (QED) is 0.121. The SMILES string of the molecule is CC(=O)N[C@H]1[C@H](OCCOCCNC(=O)CCCC(=O)O)O[C@H](COC(C)=O)[C@H](OC(C)=O)[C@@H]1OC(C)=O. The highest BCUT2D eigenvalue weighted by Gasteiger charge is 2.51. The van der Waals surface area contributed by atoms with E-state index in [0.29, 0.717) is 0 Å². The average molecular weight is 549 g/mol. The molecule has 0 unspecified atom stereocenters. The zero-order chi connectivity index (χ0) is 28.7. The van der Waals surface area contributed by atoms with Crippen molar-refractivity contribution < 1.29 is 62.3 Å². The molecule has 0 aromatic heterocycles. The first-order valence-corrected chi connectivity index (χ1v) is 12.0. The molecule has 1 saturated heterocycles. The second-order valence-electron chi connectivity index (χ2n) is 8.30. The minimum Gasteiger partial charge on any atom is -0.481 e. The van der Waals surface area contributed by atoms with Gasteiger partial charge >= 0.3 is 23.9 Å². The van der Waals surface area contributed by atoms with Gasteiger partial charge in [-0.05, 0) is 6.42 Å². The van der Waals surface area contributed by atoms with Crippen LogP contribution in [0.15, 0.2) is 0 Å². The summed E-state index contributed by atoms with van der Waals surface area (Å²) in [6.45, 7) is 4.70. The lowest BCUT2D eigenvalue weighted by atomic mass is 9.96. The molecule has 1 heterocycles. The minimum atomic E-state index is -1.23. The smallest absolute Gasteiger partial charge is 0.303 e. The van der Waals surface area contributed by atoms with Crippen molar-refractivity contribution in [3.8, 4) is 0 Å². The summed E-state index contributed by atoms with van der Waals surface area (Å²) in [5, 5.41) is 13.8. The maximum atomic E-state index is 11.9. The van der Waals surface area contributed by atoms with E-state index in [1.807, 2.05) is 0 Å². The molecule has 216 valence electrons. The summed E-state index contributed by atoms with van der Waals surface area (Å²) in [4.78, 5) is 68.9. The van der Waals surface area contributed by atoms with Crippen molar-refractivity contribution >= 4 is 35.7 Å². The molecule has 38 heavy (non-hydrogen) atoms. The first-order valence-electron chi connectivity index (χ1n) is 12.0. The van der Waals surface area contributed by atoms with E-state index in [-0.39, 0.29) is 58.1 Å². The lowest BCUT2D eigenvalue weighted by Gasteiger charge is -2.44. The lowest BCUT2D eigenvalue weighted by molar-refractivity contribution is -0.279. The van der Waals surface area contributed by atoms with Crippen molar-refractivity contribution in [3.05, 3.63) is 0 Å². The maximum Gasteiger partial charge on any atom is 0.303 e. The average Bonchev–Trinajstić information content (AvgIpc) is 2.79. The number of rotatable bonds is 16. The molecule has 1 rings (SSSR count). The molecule has 3 N–H and O–H groups in total. The van der Waals surface area contributed by atoms with Gasteiger partial charge in [0.05, 0.1) is 19.8 Å². The molecule has 1 fully saturated rings. The molecule has 5 atom stereocenters. The fraction of sp³-hybridized carbons (Fsp3) is 0.739. The Morgan fingerprint density at radius 2 is 1.50 bits per heavy atom. The number of carboxylic acids is 1. The summed E-state index contributed by atoms with van der Waals surface area (Å²) in [5.41, 5.74) is 0. The predicted octanol–water partition coefficient (Wildman–Crippen LogP) is -0.953. The van der Waals surface area contributed by atoms with E-state index in [0.717, 1.165) is 13.8 Å². The molecular formula is C23H36N2O13. The number of ether oxygens (including phenoxy) is 6. The molecule has 0 aromatic rings. The summed E-state index contributed by atoms with van der Waals surface area (Å²) >= 11 is 0. The van der Waals surface area contributed by atoms with Crippen molar-refractivity contribution in [1.29, 1.82) is 0 Å². The van der Waals surface area contributed by atoms with E-state index in [1.54, 1.807) is 0 Å². The van der Waals surface area contributed by atoms with Gasteiger partial charge in [-0.25, -0.2) is 0 Å². The topological polar surface area (TPSA) is 202 Å². The van der Waals surface area contributed by atoms with Gasteiger partial charge in [-0.2, -0.15) is 0 Å². The van der Waals surface area contributed by atoms with Crippen LogP contribution < -0.4 is 10.6 Å². The van der Waals surface area contributed by atoms with Crippen LogP contribution in [0.4, 0.5) is 0 Å². The van der Waals surface area contributed by atoms with Gasteiger partial charge < -0.3 is 44.2 Å². The zero-order valence-electron chi connectivity index (χ0n) is 21.9. The molecule has 1 aliphatic heterocycles. The van der Waals surface area contributed by atoms with Crippen LogP contribution in [0.5, 0.6) is 0 Å². The number of amides is 2. The minimum absolute atomic E-state index is 0.0430. The third-order valence-corrected chi connectivity index (χ3v) is 4.94. The maximum absolute atomic E-state index is 11.9. The summed E-state index contributed by atoms with van der Waals surface area (Å²) in [6, 6.07) is -1.08. The second kappa shape index (κ2) is 17.3. The third-order valence-electron chi connectivity index (χ3n) is 4.94. The Bertz CT molecular complexity index is 834. The fourth-order valence-electron chi connectivity index (χ4n) is 3.51. The van der Waals surface area contributed by atoms with Crippen molar-refractivity contribution in [2.45, 2.75) is 77.6 Å². The number of carbonyl (C=O) groups is 6.